The van der Waals surface area contributed by atoms with Gasteiger partial charge in [0.1, 0.15) is 0 Å². The molecule has 0 bridgehead atoms. The number of hydrogen-bond acceptors (Lipinski definition) is 4. The first-order chi connectivity index (χ1) is 8.96. The summed E-state index contributed by atoms with van der Waals surface area (Å²) in [5, 5.41) is 11.4. The summed E-state index contributed by atoms with van der Waals surface area (Å²) in [4.78, 5) is 0. The SMILES string of the molecule is Cc1nnc(-c2ccccc2NCCC(C)(C)C)o1. The van der Waals surface area contributed by atoms with E-state index in [9.17, 15) is 0 Å². The normalized spacial score (nSPS) is 11.6. The van der Waals surface area contributed by atoms with Gasteiger partial charge in [0, 0.05) is 19.2 Å². The van der Waals surface area contributed by atoms with Crippen LogP contribution in [0.2, 0.25) is 0 Å². The zero-order valence-electron chi connectivity index (χ0n) is 12.0. The van der Waals surface area contributed by atoms with E-state index in [1.54, 1.807) is 6.92 Å². The summed E-state index contributed by atoms with van der Waals surface area (Å²) < 4.78 is 5.50. The van der Waals surface area contributed by atoms with Crippen LogP contribution in [-0.2, 0) is 0 Å². The lowest BCUT2D eigenvalue weighted by atomic mass is 9.92. The van der Waals surface area contributed by atoms with Crippen molar-refractivity contribution in [2.75, 3.05) is 11.9 Å². The lowest BCUT2D eigenvalue weighted by Gasteiger charge is -2.19. The predicted octanol–water partition coefficient (Wildman–Crippen LogP) is 3.89. The highest BCUT2D eigenvalue weighted by Crippen LogP contribution is 2.27. The molecule has 0 saturated carbocycles. The quantitative estimate of drug-likeness (QED) is 0.905. The van der Waals surface area contributed by atoms with Crippen LogP contribution in [0, 0.1) is 12.3 Å². The minimum Gasteiger partial charge on any atom is -0.421 e. The predicted molar refractivity (Wildman–Crippen MR) is 77.0 cm³/mol. The van der Waals surface area contributed by atoms with E-state index in [2.05, 4.69) is 36.3 Å². The van der Waals surface area contributed by atoms with Crippen molar-refractivity contribution in [1.29, 1.82) is 0 Å². The molecule has 2 rings (SSSR count). The van der Waals surface area contributed by atoms with Gasteiger partial charge in [0.15, 0.2) is 0 Å². The molecular weight excluding hydrogens is 238 g/mol. The topological polar surface area (TPSA) is 51.0 Å². The first-order valence-electron chi connectivity index (χ1n) is 6.59. The molecule has 0 saturated heterocycles. The molecule has 4 heteroatoms. The van der Waals surface area contributed by atoms with Crippen molar-refractivity contribution >= 4 is 5.69 Å². The summed E-state index contributed by atoms with van der Waals surface area (Å²) in [7, 11) is 0. The van der Waals surface area contributed by atoms with Gasteiger partial charge in [0.2, 0.25) is 11.8 Å². The van der Waals surface area contributed by atoms with E-state index >= 15 is 0 Å². The third-order valence-corrected chi connectivity index (χ3v) is 2.87. The molecule has 102 valence electrons. The van der Waals surface area contributed by atoms with Gasteiger partial charge in [0.05, 0.1) is 5.56 Å². The van der Waals surface area contributed by atoms with E-state index in [0.29, 0.717) is 17.2 Å². The summed E-state index contributed by atoms with van der Waals surface area (Å²) in [6, 6.07) is 8.01. The van der Waals surface area contributed by atoms with Gasteiger partial charge < -0.3 is 9.73 Å². The van der Waals surface area contributed by atoms with Crippen LogP contribution in [0.25, 0.3) is 11.5 Å². The van der Waals surface area contributed by atoms with Crippen molar-refractivity contribution in [3.63, 3.8) is 0 Å². The zero-order chi connectivity index (χ0) is 13.9. The average molecular weight is 259 g/mol. The second kappa shape index (κ2) is 5.43. The molecule has 0 aliphatic carbocycles. The Morgan fingerprint density at radius 2 is 1.89 bits per heavy atom. The Balaban J connectivity index is 2.13. The second-order valence-electron chi connectivity index (χ2n) is 5.91. The molecule has 0 spiro atoms. The highest BCUT2D eigenvalue weighted by molar-refractivity contribution is 5.72. The maximum absolute atomic E-state index is 5.50. The Hall–Kier alpha value is -1.84. The molecule has 0 amide bonds. The maximum Gasteiger partial charge on any atom is 0.249 e. The number of para-hydroxylation sites is 1. The van der Waals surface area contributed by atoms with Crippen molar-refractivity contribution in [2.24, 2.45) is 5.41 Å². The fourth-order valence-electron chi connectivity index (χ4n) is 1.80. The van der Waals surface area contributed by atoms with Crippen LogP contribution in [0.15, 0.2) is 28.7 Å². The number of nitrogens with zero attached hydrogens (tertiary/aromatic N) is 2. The minimum absolute atomic E-state index is 0.322. The van der Waals surface area contributed by atoms with Crippen LogP contribution in [0.4, 0.5) is 5.69 Å². The summed E-state index contributed by atoms with van der Waals surface area (Å²) in [5.41, 5.74) is 2.32. The van der Waals surface area contributed by atoms with Gasteiger partial charge >= 0.3 is 0 Å². The molecule has 0 radical (unpaired) electrons. The molecule has 1 aromatic carbocycles. The number of benzene rings is 1. The van der Waals surface area contributed by atoms with Gasteiger partial charge in [-0.1, -0.05) is 32.9 Å². The molecule has 0 unspecified atom stereocenters. The summed E-state index contributed by atoms with van der Waals surface area (Å²) in [6.07, 6.45) is 1.10. The van der Waals surface area contributed by atoms with Gasteiger partial charge in [-0.2, -0.15) is 0 Å². The fraction of sp³-hybridized carbons (Fsp3) is 0.467. The first kappa shape index (κ1) is 13.6. The van der Waals surface area contributed by atoms with Gasteiger partial charge in [-0.25, -0.2) is 0 Å². The van der Waals surface area contributed by atoms with Gasteiger partial charge in [-0.05, 0) is 24.0 Å². The molecule has 1 N–H and O–H groups in total. The number of rotatable bonds is 4. The molecular formula is C15H21N3O. The molecule has 0 fully saturated rings. The molecule has 0 aliphatic rings. The summed E-state index contributed by atoms with van der Waals surface area (Å²) in [5.74, 6) is 1.15. The van der Waals surface area contributed by atoms with Gasteiger partial charge in [0.25, 0.3) is 0 Å². The van der Waals surface area contributed by atoms with Crippen LogP contribution in [0.1, 0.15) is 33.1 Å². The lowest BCUT2D eigenvalue weighted by molar-refractivity contribution is 0.390. The van der Waals surface area contributed by atoms with Gasteiger partial charge in [-0.3, -0.25) is 0 Å². The van der Waals surface area contributed by atoms with Crippen LogP contribution < -0.4 is 5.32 Å². The van der Waals surface area contributed by atoms with E-state index in [-0.39, 0.29) is 0 Å². The highest BCUT2D eigenvalue weighted by atomic mass is 16.4. The minimum atomic E-state index is 0.322. The van der Waals surface area contributed by atoms with Crippen LogP contribution in [-0.4, -0.2) is 16.7 Å². The third-order valence-electron chi connectivity index (χ3n) is 2.87. The zero-order valence-corrected chi connectivity index (χ0v) is 12.0. The molecule has 19 heavy (non-hydrogen) atoms. The summed E-state index contributed by atoms with van der Waals surface area (Å²) in [6.45, 7) is 9.44. The second-order valence-corrected chi connectivity index (χ2v) is 5.91. The average Bonchev–Trinajstić information content (AvgIpc) is 2.75. The third kappa shape index (κ3) is 3.81. The largest absolute Gasteiger partial charge is 0.421 e. The summed E-state index contributed by atoms with van der Waals surface area (Å²) >= 11 is 0. The first-order valence-corrected chi connectivity index (χ1v) is 6.59. The van der Waals surface area contributed by atoms with Crippen molar-refractivity contribution in [1.82, 2.24) is 10.2 Å². The Labute approximate surface area is 114 Å². The number of aromatic nitrogens is 2. The number of aryl methyl sites for hydroxylation is 1. The van der Waals surface area contributed by atoms with E-state index < -0.39 is 0 Å². The molecule has 1 heterocycles. The van der Waals surface area contributed by atoms with Crippen molar-refractivity contribution < 1.29 is 4.42 Å². The van der Waals surface area contributed by atoms with Crippen LogP contribution >= 0.6 is 0 Å². The maximum atomic E-state index is 5.50. The lowest BCUT2D eigenvalue weighted by Crippen LogP contribution is -2.13. The Bertz CT molecular complexity index is 540. The van der Waals surface area contributed by atoms with E-state index in [1.165, 1.54) is 0 Å². The number of anilines is 1. The standard InChI is InChI=1S/C15H21N3O/c1-11-17-18-14(19-11)12-7-5-6-8-13(12)16-10-9-15(2,3)4/h5-8,16H,9-10H2,1-4H3. The van der Waals surface area contributed by atoms with Crippen molar-refractivity contribution in [3.8, 4) is 11.5 Å². The Morgan fingerprint density at radius 1 is 1.16 bits per heavy atom. The van der Waals surface area contributed by atoms with E-state index in [0.717, 1.165) is 24.2 Å². The molecule has 2 aromatic rings. The molecule has 0 aliphatic heterocycles. The van der Waals surface area contributed by atoms with E-state index in [4.69, 9.17) is 4.42 Å². The number of hydrogen-bond donors (Lipinski definition) is 1. The highest BCUT2D eigenvalue weighted by Gasteiger charge is 2.12. The molecule has 1 aromatic heterocycles. The monoisotopic (exact) mass is 259 g/mol. The van der Waals surface area contributed by atoms with Crippen LogP contribution in [0.3, 0.4) is 0 Å². The molecule has 0 atom stereocenters. The van der Waals surface area contributed by atoms with Gasteiger partial charge in [-0.15, -0.1) is 10.2 Å². The number of nitrogens with one attached hydrogen (secondary N) is 1. The molecule has 4 nitrogen and oxygen atoms in total. The smallest absolute Gasteiger partial charge is 0.249 e. The Kier molecular flexibility index (Phi) is 3.88. The fourth-order valence-corrected chi connectivity index (χ4v) is 1.80. The van der Waals surface area contributed by atoms with Crippen LogP contribution in [0.5, 0.6) is 0 Å². The Morgan fingerprint density at radius 3 is 2.53 bits per heavy atom. The van der Waals surface area contributed by atoms with Crippen molar-refractivity contribution in [2.45, 2.75) is 34.1 Å². The van der Waals surface area contributed by atoms with E-state index in [1.807, 2.05) is 24.3 Å². The van der Waals surface area contributed by atoms with Crippen molar-refractivity contribution in [3.05, 3.63) is 30.2 Å².